The van der Waals surface area contributed by atoms with Crippen molar-refractivity contribution in [2.75, 3.05) is 38.5 Å². The molecule has 0 unspecified atom stereocenters. The van der Waals surface area contributed by atoms with Crippen molar-refractivity contribution < 1.29 is 10.5 Å². The van der Waals surface area contributed by atoms with E-state index in [2.05, 4.69) is 63.3 Å². The number of aryl methyl sites for hydroxylation is 1. The van der Waals surface area contributed by atoms with E-state index in [-0.39, 0.29) is 6.03 Å². The minimum Gasteiger partial charge on any atom is -0.382 e. The number of fused-ring (bicyclic) bond motifs is 2. The Balaban J connectivity index is 1.23. The first kappa shape index (κ1) is 24.1. The maximum atomic E-state index is 11.5. The molecule has 3 aromatic heterocycles. The second-order valence-electron chi connectivity index (χ2n) is 9.87. The summed E-state index contributed by atoms with van der Waals surface area (Å²) in [6, 6.07) is 18.8. The number of nitrogen functional groups attached to an aromatic ring is 1. The fourth-order valence-corrected chi connectivity index (χ4v) is 5.32. The van der Waals surface area contributed by atoms with Crippen molar-refractivity contribution in [2.24, 2.45) is 0 Å². The van der Waals surface area contributed by atoms with E-state index in [1.807, 2.05) is 32.3 Å². The number of carbonyl (C=O) groups excluding carboxylic acids is 1. The predicted octanol–water partition coefficient (Wildman–Crippen LogP) is 2.29. The van der Waals surface area contributed by atoms with E-state index >= 15 is 0 Å². The van der Waals surface area contributed by atoms with Crippen LogP contribution in [0.5, 0.6) is 0 Å². The molecule has 6 rings (SSSR count). The topological polar surface area (TPSA) is 125 Å². The normalized spacial score (nSPS) is 14.5. The Hall–Kier alpha value is -4.28. The van der Waals surface area contributed by atoms with Crippen LogP contribution in [0, 0.1) is 0 Å². The molecule has 38 heavy (non-hydrogen) atoms. The van der Waals surface area contributed by atoms with Crippen LogP contribution in [0.15, 0.2) is 67.1 Å². The van der Waals surface area contributed by atoms with Crippen molar-refractivity contribution in [3.8, 4) is 11.1 Å². The molecule has 0 spiro atoms. The van der Waals surface area contributed by atoms with Gasteiger partial charge in [-0.2, -0.15) is 10.2 Å². The van der Waals surface area contributed by atoms with Gasteiger partial charge in [-0.3, -0.25) is 20.2 Å². The molecule has 1 aliphatic rings. The summed E-state index contributed by atoms with van der Waals surface area (Å²) in [5.74, 6) is 0.463. The second kappa shape index (κ2) is 10.2. The number of quaternary nitrogens is 1. The molecule has 1 aliphatic heterocycles. The quantitative estimate of drug-likeness (QED) is 0.346. The van der Waals surface area contributed by atoms with E-state index in [9.17, 15) is 4.79 Å². The van der Waals surface area contributed by atoms with Crippen molar-refractivity contribution in [1.29, 1.82) is 0 Å². The third-order valence-electron chi connectivity index (χ3n) is 7.34. The molecule has 0 bridgehead atoms. The number of benzene rings is 2. The Morgan fingerprint density at radius 2 is 1.84 bits per heavy atom. The molecular formula is C28H32N9O+. The van der Waals surface area contributed by atoms with Gasteiger partial charge in [-0.15, -0.1) is 0 Å². The summed E-state index contributed by atoms with van der Waals surface area (Å²) in [4.78, 5) is 20.0. The van der Waals surface area contributed by atoms with Crippen molar-refractivity contribution in [3.63, 3.8) is 0 Å². The van der Waals surface area contributed by atoms with Crippen LogP contribution in [-0.4, -0.2) is 72.9 Å². The summed E-state index contributed by atoms with van der Waals surface area (Å²) in [5.41, 5.74) is 16.0. The van der Waals surface area contributed by atoms with Gasteiger partial charge in [-0.25, -0.2) is 14.3 Å². The molecule has 2 aromatic carbocycles. The van der Waals surface area contributed by atoms with Gasteiger partial charge in [0.1, 0.15) is 11.8 Å². The number of nitrogens with two attached hydrogens (primary N) is 1. The number of carbonyl (C=O) groups is 1. The number of rotatable bonds is 7. The third kappa shape index (κ3) is 4.83. The summed E-state index contributed by atoms with van der Waals surface area (Å²) in [6.07, 6.45) is 5.44. The van der Waals surface area contributed by atoms with Crippen LogP contribution in [0.2, 0.25) is 0 Å². The van der Waals surface area contributed by atoms with Crippen molar-refractivity contribution in [1.82, 2.24) is 34.2 Å². The molecule has 4 heterocycles. The maximum Gasteiger partial charge on any atom is 0.414 e. The Kier molecular flexibility index (Phi) is 6.48. The summed E-state index contributed by atoms with van der Waals surface area (Å²) in [7, 11) is 0. The van der Waals surface area contributed by atoms with Crippen molar-refractivity contribution in [2.45, 2.75) is 19.4 Å². The monoisotopic (exact) mass is 510 g/mol. The smallest absolute Gasteiger partial charge is 0.382 e. The van der Waals surface area contributed by atoms with Gasteiger partial charge in [-0.05, 0) is 42.6 Å². The van der Waals surface area contributed by atoms with Gasteiger partial charge in [0.2, 0.25) is 0 Å². The number of hydrogen-bond donors (Lipinski definition) is 2. The first-order valence-electron chi connectivity index (χ1n) is 13.0. The van der Waals surface area contributed by atoms with E-state index in [0.717, 1.165) is 85.4 Å². The zero-order chi connectivity index (χ0) is 26.1. The number of anilines is 1. The third-order valence-corrected chi connectivity index (χ3v) is 7.34. The maximum absolute atomic E-state index is 11.5. The van der Waals surface area contributed by atoms with Crippen LogP contribution in [-0.2, 0) is 13.0 Å². The van der Waals surface area contributed by atoms with Gasteiger partial charge in [0.05, 0.1) is 12.1 Å². The fourth-order valence-electron chi connectivity index (χ4n) is 5.32. The number of piperazine rings is 1. The molecule has 0 radical (unpaired) electrons. The molecule has 0 saturated carbocycles. The fraction of sp³-hybridized carbons (Fsp3) is 0.286. The van der Waals surface area contributed by atoms with Crippen molar-refractivity contribution >= 4 is 28.3 Å². The van der Waals surface area contributed by atoms with Gasteiger partial charge < -0.3 is 5.73 Å². The van der Waals surface area contributed by atoms with E-state index < -0.39 is 0 Å². The summed E-state index contributed by atoms with van der Waals surface area (Å²) in [6.45, 7) is 4.95. The van der Waals surface area contributed by atoms with E-state index in [0.29, 0.717) is 5.82 Å². The van der Waals surface area contributed by atoms with Gasteiger partial charge in [-0.1, -0.05) is 42.5 Å². The van der Waals surface area contributed by atoms with Gasteiger partial charge in [0, 0.05) is 49.0 Å². The van der Waals surface area contributed by atoms with Crippen LogP contribution >= 0.6 is 0 Å². The number of amides is 2. The van der Waals surface area contributed by atoms with Gasteiger partial charge >= 0.3 is 6.03 Å². The molecule has 0 aliphatic carbocycles. The van der Waals surface area contributed by atoms with Crippen LogP contribution in [0.4, 0.5) is 10.6 Å². The van der Waals surface area contributed by atoms with Crippen LogP contribution in [0.3, 0.4) is 0 Å². The SMILES string of the molecule is Nc1ncnn2c(CCCN3CCN(C([NH3+])=O)CC3)cc(-c3ccc4cn(Cc5ccccc5)nc4c3)c12. The average molecular weight is 511 g/mol. The molecular weight excluding hydrogens is 478 g/mol. The highest BCUT2D eigenvalue weighted by atomic mass is 16.2. The molecule has 10 nitrogen and oxygen atoms in total. The first-order chi connectivity index (χ1) is 18.5. The lowest BCUT2D eigenvalue weighted by Gasteiger charge is -2.32. The van der Waals surface area contributed by atoms with E-state index in [1.165, 1.54) is 11.9 Å². The lowest BCUT2D eigenvalue weighted by Crippen LogP contribution is -2.67. The Morgan fingerprint density at radius 3 is 2.63 bits per heavy atom. The van der Waals surface area contributed by atoms with Crippen LogP contribution in [0.1, 0.15) is 17.7 Å². The van der Waals surface area contributed by atoms with E-state index in [4.69, 9.17) is 10.8 Å². The molecule has 1 saturated heterocycles. The molecule has 1 fully saturated rings. The highest BCUT2D eigenvalue weighted by Gasteiger charge is 2.21. The zero-order valence-electron chi connectivity index (χ0n) is 21.3. The Bertz CT molecular complexity index is 1580. The van der Waals surface area contributed by atoms with Crippen LogP contribution < -0.4 is 11.5 Å². The molecule has 10 heteroatoms. The largest absolute Gasteiger partial charge is 0.414 e. The van der Waals surface area contributed by atoms with Crippen LogP contribution in [0.25, 0.3) is 27.5 Å². The lowest BCUT2D eigenvalue weighted by atomic mass is 10.0. The summed E-state index contributed by atoms with van der Waals surface area (Å²) >= 11 is 0. The minimum absolute atomic E-state index is 0.0877. The highest BCUT2D eigenvalue weighted by Crippen LogP contribution is 2.32. The molecule has 5 aromatic rings. The first-order valence-corrected chi connectivity index (χ1v) is 13.0. The summed E-state index contributed by atoms with van der Waals surface area (Å²) < 4.78 is 3.91. The standard InChI is InChI=1S/C28H31N9O/c29-27-26-24(21-8-9-22-18-36(33-25(22)15-21)17-20-5-2-1-3-6-20)16-23(37(26)32-19-31-27)7-4-10-34-11-13-35(14-12-34)28(30)38/h1-3,5-6,8-9,15-16,18-19H,4,7,10-14,17H2,(H2,30,38)(H2,29,31,32)/p+1. The number of aromatic nitrogens is 5. The summed E-state index contributed by atoms with van der Waals surface area (Å²) in [5, 5.41) is 10.5. The van der Waals surface area contributed by atoms with E-state index in [1.54, 1.807) is 0 Å². The number of urea groups is 1. The molecule has 5 N–H and O–H groups in total. The highest BCUT2D eigenvalue weighted by molar-refractivity contribution is 5.92. The molecule has 0 atom stereocenters. The van der Waals surface area contributed by atoms with Gasteiger partial charge in [0.25, 0.3) is 0 Å². The Labute approximate surface area is 220 Å². The zero-order valence-corrected chi connectivity index (χ0v) is 21.3. The molecule has 2 amide bonds. The van der Waals surface area contributed by atoms with Crippen molar-refractivity contribution in [3.05, 3.63) is 78.4 Å². The van der Waals surface area contributed by atoms with Gasteiger partial charge in [0.15, 0.2) is 5.82 Å². The Morgan fingerprint density at radius 1 is 1.03 bits per heavy atom. The second-order valence-corrected chi connectivity index (χ2v) is 9.87. The minimum atomic E-state index is -0.0877. The number of nitrogens with zero attached hydrogens (tertiary/aromatic N) is 7. The predicted molar refractivity (Wildman–Crippen MR) is 146 cm³/mol. The molecule has 194 valence electrons. The average Bonchev–Trinajstić information content (AvgIpc) is 3.51. The lowest BCUT2D eigenvalue weighted by molar-refractivity contribution is -0.266. The number of hydrogen-bond acceptors (Lipinski definition) is 6.